The lowest BCUT2D eigenvalue weighted by atomic mass is 10.1. The first-order valence-corrected chi connectivity index (χ1v) is 5.47. The van der Waals surface area contributed by atoms with Crippen molar-refractivity contribution < 1.29 is 0 Å². The van der Waals surface area contributed by atoms with E-state index in [-0.39, 0.29) is 0 Å². The number of hydrogen-bond acceptors (Lipinski definition) is 2. The van der Waals surface area contributed by atoms with Crippen molar-refractivity contribution in [3.63, 3.8) is 0 Å². The molecule has 0 saturated carbocycles. The second-order valence-corrected chi connectivity index (χ2v) is 3.72. The standard InChI is InChI=1S/C13H15N3/c1-3-6-11(4-2)15-13-8-5-7-12-14-9-10-16(12)13/h1,5,7-11,15H,4,6H2,2H3. The summed E-state index contributed by atoms with van der Waals surface area (Å²) in [6.07, 6.45) is 10.8. The largest absolute Gasteiger partial charge is 0.367 e. The highest BCUT2D eigenvalue weighted by molar-refractivity contribution is 5.50. The summed E-state index contributed by atoms with van der Waals surface area (Å²) in [6, 6.07) is 6.33. The van der Waals surface area contributed by atoms with Crippen LogP contribution in [0.1, 0.15) is 19.8 Å². The van der Waals surface area contributed by atoms with Crippen LogP contribution < -0.4 is 5.32 Å². The molecule has 2 rings (SSSR count). The second-order valence-electron chi connectivity index (χ2n) is 3.72. The molecule has 2 heterocycles. The molecule has 1 N–H and O–H groups in total. The maximum atomic E-state index is 5.34. The highest BCUT2D eigenvalue weighted by atomic mass is 15.1. The van der Waals surface area contributed by atoms with Gasteiger partial charge in [0.1, 0.15) is 11.5 Å². The Morgan fingerprint density at radius 3 is 3.19 bits per heavy atom. The summed E-state index contributed by atoms with van der Waals surface area (Å²) < 4.78 is 2.03. The minimum Gasteiger partial charge on any atom is -0.367 e. The third-order valence-corrected chi connectivity index (χ3v) is 2.64. The van der Waals surface area contributed by atoms with E-state index >= 15 is 0 Å². The molecule has 0 aliphatic heterocycles. The monoisotopic (exact) mass is 213 g/mol. The van der Waals surface area contributed by atoms with Crippen LogP contribution in [0.15, 0.2) is 30.6 Å². The van der Waals surface area contributed by atoms with Crippen LogP contribution in [-0.4, -0.2) is 15.4 Å². The number of nitrogens with one attached hydrogen (secondary N) is 1. The molecule has 0 bridgehead atoms. The van der Waals surface area contributed by atoms with Gasteiger partial charge < -0.3 is 5.32 Å². The molecule has 1 unspecified atom stereocenters. The van der Waals surface area contributed by atoms with Crippen molar-refractivity contribution in [1.82, 2.24) is 9.38 Å². The first-order valence-electron chi connectivity index (χ1n) is 5.47. The summed E-state index contributed by atoms with van der Waals surface area (Å²) in [7, 11) is 0. The maximum Gasteiger partial charge on any atom is 0.138 e. The number of rotatable bonds is 4. The van der Waals surface area contributed by atoms with E-state index in [1.807, 2.05) is 28.8 Å². The molecule has 0 aromatic carbocycles. The molecule has 3 nitrogen and oxygen atoms in total. The zero-order valence-electron chi connectivity index (χ0n) is 9.35. The molecule has 2 aromatic heterocycles. The quantitative estimate of drug-likeness (QED) is 0.791. The Morgan fingerprint density at radius 1 is 1.56 bits per heavy atom. The topological polar surface area (TPSA) is 29.3 Å². The zero-order chi connectivity index (χ0) is 11.4. The summed E-state index contributed by atoms with van der Waals surface area (Å²) in [6.45, 7) is 2.13. The van der Waals surface area contributed by atoms with Gasteiger partial charge >= 0.3 is 0 Å². The van der Waals surface area contributed by atoms with Crippen molar-refractivity contribution in [2.75, 3.05) is 5.32 Å². The average Bonchev–Trinajstić information content (AvgIpc) is 2.77. The van der Waals surface area contributed by atoms with Gasteiger partial charge in [-0.3, -0.25) is 4.40 Å². The smallest absolute Gasteiger partial charge is 0.138 e. The van der Waals surface area contributed by atoms with E-state index in [1.54, 1.807) is 6.20 Å². The number of fused-ring (bicyclic) bond motifs is 1. The SMILES string of the molecule is C#CCC(CC)Nc1cccc2nccn12. The van der Waals surface area contributed by atoms with Crippen LogP contribution >= 0.6 is 0 Å². The van der Waals surface area contributed by atoms with Gasteiger partial charge in [-0.05, 0) is 18.6 Å². The van der Waals surface area contributed by atoms with E-state index in [0.717, 1.165) is 24.3 Å². The van der Waals surface area contributed by atoms with Crippen LogP contribution in [0.25, 0.3) is 5.65 Å². The average molecular weight is 213 g/mol. The Morgan fingerprint density at radius 2 is 2.44 bits per heavy atom. The van der Waals surface area contributed by atoms with E-state index < -0.39 is 0 Å². The van der Waals surface area contributed by atoms with Gasteiger partial charge in [0.25, 0.3) is 0 Å². The Balaban J connectivity index is 2.26. The number of hydrogen-bond donors (Lipinski definition) is 1. The molecule has 0 saturated heterocycles. The maximum absolute atomic E-state index is 5.34. The summed E-state index contributed by atoms with van der Waals surface area (Å²) in [4.78, 5) is 4.24. The van der Waals surface area contributed by atoms with Crippen LogP contribution in [0.5, 0.6) is 0 Å². The van der Waals surface area contributed by atoms with Gasteiger partial charge in [-0.2, -0.15) is 0 Å². The van der Waals surface area contributed by atoms with E-state index in [0.29, 0.717) is 6.04 Å². The summed E-state index contributed by atoms with van der Waals surface area (Å²) in [5, 5.41) is 3.44. The van der Waals surface area contributed by atoms with Crippen LogP contribution in [-0.2, 0) is 0 Å². The lowest BCUT2D eigenvalue weighted by molar-refractivity contribution is 0.710. The molecule has 0 aliphatic rings. The predicted molar refractivity (Wildman–Crippen MR) is 66.3 cm³/mol. The van der Waals surface area contributed by atoms with Crippen LogP contribution in [0, 0.1) is 12.3 Å². The molecule has 82 valence electrons. The Bertz CT molecular complexity index is 507. The van der Waals surface area contributed by atoms with E-state index in [1.165, 1.54) is 0 Å². The number of nitrogens with zero attached hydrogens (tertiary/aromatic N) is 2. The highest BCUT2D eigenvalue weighted by Crippen LogP contribution is 2.14. The van der Waals surface area contributed by atoms with Gasteiger partial charge in [-0.1, -0.05) is 13.0 Å². The lowest BCUT2D eigenvalue weighted by Crippen LogP contribution is -2.19. The zero-order valence-corrected chi connectivity index (χ0v) is 9.35. The molecular formula is C13H15N3. The van der Waals surface area contributed by atoms with Gasteiger partial charge in [-0.15, -0.1) is 12.3 Å². The van der Waals surface area contributed by atoms with Gasteiger partial charge in [0, 0.05) is 24.9 Å². The van der Waals surface area contributed by atoms with Gasteiger partial charge in [0.05, 0.1) is 0 Å². The molecule has 3 heteroatoms. The third-order valence-electron chi connectivity index (χ3n) is 2.64. The number of pyridine rings is 1. The van der Waals surface area contributed by atoms with Crippen molar-refractivity contribution in [3.8, 4) is 12.3 Å². The minimum atomic E-state index is 0.318. The summed E-state index contributed by atoms with van der Waals surface area (Å²) in [5.74, 6) is 3.73. The fourth-order valence-electron chi connectivity index (χ4n) is 1.71. The molecular weight excluding hydrogens is 198 g/mol. The fourth-order valence-corrected chi connectivity index (χ4v) is 1.71. The molecule has 0 fully saturated rings. The first-order chi connectivity index (χ1) is 7.85. The molecule has 0 amide bonds. The minimum absolute atomic E-state index is 0.318. The molecule has 0 radical (unpaired) electrons. The van der Waals surface area contributed by atoms with Crippen LogP contribution in [0.4, 0.5) is 5.82 Å². The number of aromatic nitrogens is 2. The van der Waals surface area contributed by atoms with Gasteiger partial charge in [0.2, 0.25) is 0 Å². The number of anilines is 1. The van der Waals surface area contributed by atoms with E-state index in [4.69, 9.17) is 6.42 Å². The molecule has 1 atom stereocenters. The molecule has 2 aromatic rings. The van der Waals surface area contributed by atoms with Crippen molar-refractivity contribution in [2.24, 2.45) is 0 Å². The van der Waals surface area contributed by atoms with Crippen LogP contribution in [0.2, 0.25) is 0 Å². The molecule has 16 heavy (non-hydrogen) atoms. The van der Waals surface area contributed by atoms with Gasteiger partial charge in [-0.25, -0.2) is 4.98 Å². The predicted octanol–water partition coefficient (Wildman–Crippen LogP) is 2.55. The van der Waals surface area contributed by atoms with E-state index in [9.17, 15) is 0 Å². The Kier molecular flexibility index (Phi) is 3.11. The summed E-state index contributed by atoms with van der Waals surface area (Å²) >= 11 is 0. The second kappa shape index (κ2) is 4.71. The van der Waals surface area contributed by atoms with Gasteiger partial charge in [0.15, 0.2) is 0 Å². The highest BCUT2D eigenvalue weighted by Gasteiger charge is 2.06. The van der Waals surface area contributed by atoms with Crippen molar-refractivity contribution in [3.05, 3.63) is 30.6 Å². The summed E-state index contributed by atoms with van der Waals surface area (Å²) in [5.41, 5.74) is 0.945. The number of imidazole rings is 1. The van der Waals surface area contributed by atoms with Crippen LogP contribution in [0.3, 0.4) is 0 Å². The lowest BCUT2D eigenvalue weighted by Gasteiger charge is -2.16. The Labute approximate surface area is 95.5 Å². The molecule has 0 spiro atoms. The normalized spacial score (nSPS) is 12.2. The fraction of sp³-hybridized carbons (Fsp3) is 0.308. The van der Waals surface area contributed by atoms with E-state index in [2.05, 4.69) is 23.1 Å². The van der Waals surface area contributed by atoms with Crippen molar-refractivity contribution in [2.45, 2.75) is 25.8 Å². The number of terminal acetylenes is 1. The third kappa shape index (κ3) is 2.01. The van der Waals surface area contributed by atoms with Crippen molar-refractivity contribution >= 4 is 11.5 Å². The first kappa shape index (κ1) is 10.6. The van der Waals surface area contributed by atoms with Crippen molar-refractivity contribution in [1.29, 1.82) is 0 Å². The Hall–Kier alpha value is -1.95. The molecule has 0 aliphatic carbocycles.